The summed E-state index contributed by atoms with van der Waals surface area (Å²) in [4.78, 5) is 14.5. The van der Waals surface area contributed by atoms with Gasteiger partial charge in [-0.2, -0.15) is 0 Å². The van der Waals surface area contributed by atoms with Crippen LogP contribution in [0, 0.1) is 0 Å². The molecule has 1 amide bonds. The van der Waals surface area contributed by atoms with Crippen LogP contribution in [0.4, 0.5) is 5.69 Å². The van der Waals surface area contributed by atoms with E-state index < -0.39 is 0 Å². The highest BCUT2D eigenvalue weighted by Crippen LogP contribution is 2.18. The van der Waals surface area contributed by atoms with E-state index >= 15 is 0 Å². The molecule has 0 aliphatic carbocycles. The van der Waals surface area contributed by atoms with E-state index in [-0.39, 0.29) is 11.7 Å². The molecular weight excluding hydrogens is 310 g/mol. The van der Waals surface area contributed by atoms with Crippen LogP contribution in [-0.2, 0) is 11.3 Å². The number of nitrogens with zero attached hydrogens (tertiary/aromatic N) is 1. The smallest absolute Gasteiger partial charge is 0.251 e. The van der Waals surface area contributed by atoms with Gasteiger partial charge in [-0.3, -0.25) is 4.79 Å². The zero-order valence-corrected chi connectivity index (χ0v) is 13.7. The molecule has 0 saturated carbocycles. The number of aromatic hydroxyl groups is 1. The van der Waals surface area contributed by atoms with Crippen molar-refractivity contribution in [1.29, 1.82) is 0 Å². The Kier molecular flexibility index (Phi) is 5.27. The predicted octanol–water partition coefficient (Wildman–Crippen LogP) is 4.64. The SMILES string of the molecule is O=C(/C=C/c1ccc(O)cc1)N(Cc1ccccc1)c1ccccc1. The molecule has 0 spiro atoms. The molecule has 3 nitrogen and oxygen atoms in total. The van der Waals surface area contributed by atoms with Crippen molar-refractivity contribution in [2.45, 2.75) is 6.54 Å². The molecular formula is C22H19NO2. The second kappa shape index (κ2) is 7.97. The highest BCUT2D eigenvalue weighted by Gasteiger charge is 2.13. The van der Waals surface area contributed by atoms with Gasteiger partial charge in [-0.1, -0.05) is 60.7 Å². The fourth-order valence-corrected chi connectivity index (χ4v) is 2.51. The number of phenols is 1. The summed E-state index contributed by atoms with van der Waals surface area (Å²) in [6.07, 6.45) is 3.31. The van der Waals surface area contributed by atoms with Crippen LogP contribution < -0.4 is 4.90 Å². The summed E-state index contributed by atoms with van der Waals surface area (Å²) in [6, 6.07) is 26.3. The van der Waals surface area contributed by atoms with E-state index in [2.05, 4.69) is 0 Å². The highest BCUT2D eigenvalue weighted by atomic mass is 16.3. The molecule has 0 aliphatic heterocycles. The van der Waals surface area contributed by atoms with Crippen molar-refractivity contribution >= 4 is 17.7 Å². The first kappa shape index (κ1) is 16.5. The average molecular weight is 329 g/mol. The molecule has 1 N–H and O–H groups in total. The molecule has 124 valence electrons. The lowest BCUT2D eigenvalue weighted by Gasteiger charge is -2.21. The Morgan fingerprint density at radius 3 is 2.08 bits per heavy atom. The van der Waals surface area contributed by atoms with Gasteiger partial charge in [-0.25, -0.2) is 0 Å². The van der Waals surface area contributed by atoms with Crippen molar-refractivity contribution in [1.82, 2.24) is 0 Å². The molecule has 0 bridgehead atoms. The van der Waals surface area contributed by atoms with Gasteiger partial charge in [0.25, 0.3) is 5.91 Å². The fourth-order valence-electron chi connectivity index (χ4n) is 2.51. The van der Waals surface area contributed by atoms with Crippen molar-refractivity contribution < 1.29 is 9.90 Å². The molecule has 0 unspecified atom stereocenters. The minimum atomic E-state index is -0.0943. The van der Waals surface area contributed by atoms with Crippen LogP contribution in [0.1, 0.15) is 11.1 Å². The molecule has 25 heavy (non-hydrogen) atoms. The predicted molar refractivity (Wildman–Crippen MR) is 101 cm³/mol. The van der Waals surface area contributed by atoms with E-state index in [0.29, 0.717) is 6.54 Å². The van der Waals surface area contributed by atoms with Gasteiger partial charge in [-0.15, -0.1) is 0 Å². The summed E-state index contributed by atoms with van der Waals surface area (Å²) in [5.41, 5.74) is 2.78. The third-order valence-corrected chi connectivity index (χ3v) is 3.83. The topological polar surface area (TPSA) is 40.5 Å². The number of anilines is 1. The van der Waals surface area contributed by atoms with Gasteiger partial charge in [-0.05, 0) is 41.5 Å². The number of carbonyl (C=O) groups excluding carboxylic acids is 1. The summed E-state index contributed by atoms with van der Waals surface area (Å²) < 4.78 is 0. The van der Waals surface area contributed by atoms with E-state index in [1.54, 1.807) is 41.3 Å². The first-order valence-electron chi connectivity index (χ1n) is 8.10. The van der Waals surface area contributed by atoms with Gasteiger partial charge >= 0.3 is 0 Å². The van der Waals surface area contributed by atoms with Crippen molar-refractivity contribution in [3.05, 3.63) is 102 Å². The van der Waals surface area contributed by atoms with Crippen LogP contribution >= 0.6 is 0 Å². The van der Waals surface area contributed by atoms with E-state index in [1.807, 2.05) is 60.7 Å². The van der Waals surface area contributed by atoms with Crippen molar-refractivity contribution in [3.8, 4) is 5.75 Å². The van der Waals surface area contributed by atoms with Gasteiger partial charge in [0.05, 0.1) is 6.54 Å². The number of amides is 1. The summed E-state index contributed by atoms with van der Waals surface area (Å²) in [6.45, 7) is 0.504. The van der Waals surface area contributed by atoms with Gasteiger partial charge in [0.1, 0.15) is 5.75 Å². The summed E-state index contributed by atoms with van der Waals surface area (Å²) in [5, 5.41) is 9.34. The number of hydrogen-bond donors (Lipinski definition) is 1. The minimum Gasteiger partial charge on any atom is -0.508 e. The van der Waals surface area contributed by atoms with E-state index in [9.17, 15) is 9.90 Å². The summed E-state index contributed by atoms with van der Waals surface area (Å²) in [5.74, 6) is 0.113. The van der Waals surface area contributed by atoms with E-state index in [4.69, 9.17) is 0 Å². The maximum Gasteiger partial charge on any atom is 0.251 e. The first-order valence-corrected chi connectivity index (χ1v) is 8.10. The Morgan fingerprint density at radius 2 is 1.44 bits per heavy atom. The number of phenolic OH excluding ortho intramolecular Hbond substituents is 1. The number of para-hydroxylation sites is 1. The zero-order valence-electron chi connectivity index (χ0n) is 13.7. The van der Waals surface area contributed by atoms with Crippen LogP contribution in [0.15, 0.2) is 91.0 Å². The molecule has 0 saturated heterocycles. The van der Waals surface area contributed by atoms with Crippen LogP contribution in [0.3, 0.4) is 0 Å². The van der Waals surface area contributed by atoms with Gasteiger partial charge < -0.3 is 10.0 Å². The van der Waals surface area contributed by atoms with Crippen molar-refractivity contribution in [3.63, 3.8) is 0 Å². The second-order valence-corrected chi connectivity index (χ2v) is 5.67. The second-order valence-electron chi connectivity index (χ2n) is 5.67. The Labute approximate surface area is 147 Å². The molecule has 0 heterocycles. The zero-order chi connectivity index (χ0) is 17.5. The Balaban J connectivity index is 1.83. The number of benzene rings is 3. The number of carbonyl (C=O) groups is 1. The molecule has 3 rings (SSSR count). The maximum absolute atomic E-state index is 12.8. The quantitative estimate of drug-likeness (QED) is 0.693. The Morgan fingerprint density at radius 1 is 0.840 bits per heavy atom. The molecule has 3 aromatic carbocycles. The summed E-state index contributed by atoms with van der Waals surface area (Å²) in [7, 11) is 0. The fraction of sp³-hybridized carbons (Fsp3) is 0.0455. The lowest BCUT2D eigenvalue weighted by Crippen LogP contribution is -2.28. The lowest BCUT2D eigenvalue weighted by atomic mass is 10.1. The molecule has 0 aliphatic rings. The Bertz CT molecular complexity index is 840. The average Bonchev–Trinajstić information content (AvgIpc) is 2.67. The van der Waals surface area contributed by atoms with E-state index in [0.717, 1.165) is 16.8 Å². The highest BCUT2D eigenvalue weighted by molar-refractivity contribution is 6.03. The molecule has 0 atom stereocenters. The Hall–Kier alpha value is -3.33. The van der Waals surface area contributed by atoms with Crippen molar-refractivity contribution in [2.75, 3.05) is 4.90 Å². The van der Waals surface area contributed by atoms with Crippen LogP contribution in [0.25, 0.3) is 6.08 Å². The standard InChI is InChI=1S/C22H19NO2/c24-21-14-11-18(12-15-21)13-16-22(25)23(20-9-5-2-6-10-20)17-19-7-3-1-4-8-19/h1-16,24H,17H2/b16-13+. The van der Waals surface area contributed by atoms with Crippen LogP contribution in [0.2, 0.25) is 0 Å². The van der Waals surface area contributed by atoms with Crippen LogP contribution in [-0.4, -0.2) is 11.0 Å². The lowest BCUT2D eigenvalue weighted by molar-refractivity contribution is -0.114. The van der Waals surface area contributed by atoms with Gasteiger partial charge in [0.15, 0.2) is 0 Å². The van der Waals surface area contributed by atoms with Crippen LogP contribution in [0.5, 0.6) is 5.75 Å². The maximum atomic E-state index is 12.8. The number of rotatable bonds is 5. The normalized spacial score (nSPS) is 10.7. The molecule has 3 heteroatoms. The third-order valence-electron chi connectivity index (χ3n) is 3.83. The minimum absolute atomic E-state index is 0.0943. The largest absolute Gasteiger partial charge is 0.508 e. The number of hydrogen-bond acceptors (Lipinski definition) is 2. The van der Waals surface area contributed by atoms with Gasteiger partial charge in [0.2, 0.25) is 0 Å². The molecule has 0 radical (unpaired) electrons. The van der Waals surface area contributed by atoms with Gasteiger partial charge in [0, 0.05) is 11.8 Å². The van der Waals surface area contributed by atoms with E-state index in [1.165, 1.54) is 0 Å². The summed E-state index contributed by atoms with van der Waals surface area (Å²) >= 11 is 0. The molecule has 0 aromatic heterocycles. The molecule has 3 aromatic rings. The monoisotopic (exact) mass is 329 g/mol. The molecule has 0 fully saturated rings. The third kappa shape index (κ3) is 4.58. The van der Waals surface area contributed by atoms with Crippen molar-refractivity contribution in [2.24, 2.45) is 0 Å². The first-order chi connectivity index (χ1) is 12.2.